The zero-order valence-corrected chi connectivity index (χ0v) is 14.3. The Balaban J connectivity index is 1.80. The van der Waals surface area contributed by atoms with E-state index in [4.69, 9.17) is 0 Å². The van der Waals surface area contributed by atoms with Gasteiger partial charge < -0.3 is 5.32 Å². The van der Waals surface area contributed by atoms with Crippen LogP contribution in [0.1, 0.15) is 18.4 Å². The summed E-state index contributed by atoms with van der Waals surface area (Å²) in [5, 5.41) is 2.83. The van der Waals surface area contributed by atoms with Gasteiger partial charge in [-0.2, -0.15) is 4.72 Å². The van der Waals surface area contributed by atoms with Crippen LogP contribution in [0.15, 0.2) is 59.5 Å². The number of halogens is 1. The number of carbonyl (C=O) groups excluding carboxylic acids is 1. The second kappa shape index (κ2) is 7.33. The van der Waals surface area contributed by atoms with Crippen molar-refractivity contribution in [1.82, 2.24) is 10.0 Å². The molecular weight excluding hydrogens is 343 g/mol. The molecule has 1 aliphatic rings. The molecule has 0 unspecified atom stereocenters. The smallest absolute Gasteiger partial charge is 0.241 e. The first-order valence-corrected chi connectivity index (χ1v) is 9.54. The van der Waals surface area contributed by atoms with E-state index in [9.17, 15) is 17.6 Å². The van der Waals surface area contributed by atoms with Crippen LogP contribution in [0.4, 0.5) is 4.39 Å². The van der Waals surface area contributed by atoms with Gasteiger partial charge in [-0.25, -0.2) is 12.8 Å². The van der Waals surface area contributed by atoms with Crippen molar-refractivity contribution in [3.8, 4) is 0 Å². The minimum atomic E-state index is -3.93. The highest BCUT2D eigenvalue weighted by molar-refractivity contribution is 7.89. The maximum Gasteiger partial charge on any atom is 0.241 e. The van der Waals surface area contributed by atoms with Crippen LogP contribution >= 0.6 is 0 Å². The number of amides is 1. The minimum absolute atomic E-state index is 0.0776. The van der Waals surface area contributed by atoms with Crippen molar-refractivity contribution in [2.24, 2.45) is 0 Å². The molecule has 25 heavy (non-hydrogen) atoms. The highest BCUT2D eigenvalue weighted by Gasteiger charge is 2.30. The summed E-state index contributed by atoms with van der Waals surface area (Å²) in [6, 6.07) is 12.9. The van der Waals surface area contributed by atoms with Crippen LogP contribution in [-0.2, 0) is 21.2 Å². The van der Waals surface area contributed by atoms with Crippen molar-refractivity contribution in [3.63, 3.8) is 0 Å². The fourth-order valence-corrected chi connectivity index (χ4v) is 3.63. The number of hydrogen-bond acceptors (Lipinski definition) is 3. The minimum Gasteiger partial charge on any atom is -0.352 e. The first-order chi connectivity index (χ1) is 11.9. The van der Waals surface area contributed by atoms with Crippen LogP contribution in [0.3, 0.4) is 0 Å². The van der Waals surface area contributed by atoms with E-state index in [0.717, 1.165) is 30.5 Å². The van der Waals surface area contributed by atoms with E-state index in [0.29, 0.717) is 0 Å². The van der Waals surface area contributed by atoms with Crippen molar-refractivity contribution in [2.45, 2.75) is 36.2 Å². The van der Waals surface area contributed by atoms with Crippen LogP contribution in [0.2, 0.25) is 0 Å². The van der Waals surface area contributed by atoms with E-state index in [-0.39, 0.29) is 23.3 Å². The Labute approximate surface area is 146 Å². The maximum absolute atomic E-state index is 13.0. The molecule has 0 aromatic heterocycles. The summed E-state index contributed by atoms with van der Waals surface area (Å²) in [6.45, 7) is 0. The number of hydrogen-bond donors (Lipinski definition) is 2. The van der Waals surface area contributed by atoms with Gasteiger partial charge in [-0.05, 0) is 49.1 Å². The van der Waals surface area contributed by atoms with E-state index >= 15 is 0 Å². The summed E-state index contributed by atoms with van der Waals surface area (Å²) in [5.74, 6) is -0.872. The zero-order valence-electron chi connectivity index (χ0n) is 13.5. The Morgan fingerprint density at radius 3 is 2.32 bits per heavy atom. The number of nitrogens with one attached hydrogen (secondary N) is 2. The Bertz CT molecular complexity index is 834. The lowest BCUT2D eigenvalue weighted by Crippen LogP contribution is -2.48. The summed E-state index contributed by atoms with van der Waals surface area (Å²) in [4.78, 5) is 12.4. The lowest BCUT2D eigenvalue weighted by molar-refractivity contribution is -0.122. The topological polar surface area (TPSA) is 75.3 Å². The SMILES string of the molecule is O=C(NC1CC1)[C@@H](Cc1ccccc1)NS(=O)(=O)c1ccc(F)cc1. The van der Waals surface area contributed by atoms with Gasteiger partial charge in [-0.15, -0.1) is 0 Å². The normalized spacial score (nSPS) is 15.6. The van der Waals surface area contributed by atoms with Gasteiger partial charge in [0.05, 0.1) is 4.90 Å². The highest BCUT2D eigenvalue weighted by Crippen LogP contribution is 2.19. The molecule has 1 saturated carbocycles. The van der Waals surface area contributed by atoms with Crippen LogP contribution in [-0.4, -0.2) is 26.4 Å². The van der Waals surface area contributed by atoms with Crippen molar-refractivity contribution >= 4 is 15.9 Å². The molecule has 1 aliphatic carbocycles. The lowest BCUT2D eigenvalue weighted by Gasteiger charge is -2.18. The van der Waals surface area contributed by atoms with Gasteiger partial charge in [0.2, 0.25) is 15.9 Å². The molecular formula is C18H19FN2O3S. The molecule has 0 radical (unpaired) electrons. The first-order valence-electron chi connectivity index (χ1n) is 8.06. The quantitative estimate of drug-likeness (QED) is 0.791. The van der Waals surface area contributed by atoms with Gasteiger partial charge in [0.1, 0.15) is 11.9 Å². The highest BCUT2D eigenvalue weighted by atomic mass is 32.2. The van der Waals surface area contributed by atoms with Crippen molar-refractivity contribution in [3.05, 3.63) is 66.0 Å². The summed E-state index contributed by atoms with van der Waals surface area (Å²) in [5.41, 5.74) is 0.847. The van der Waals surface area contributed by atoms with E-state index in [1.54, 1.807) is 0 Å². The van der Waals surface area contributed by atoms with Gasteiger partial charge in [0, 0.05) is 6.04 Å². The molecule has 2 aromatic carbocycles. The number of sulfonamides is 1. The predicted octanol–water partition coefficient (Wildman–Crippen LogP) is 1.99. The van der Waals surface area contributed by atoms with E-state index < -0.39 is 21.9 Å². The Hall–Kier alpha value is -2.25. The second-order valence-corrected chi connectivity index (χ2v) is 7.81. The third-order valence-electron chi connectivity index (χ3n) is 3.94. The molecule has 2 aromatic rings. The van der Waals surface area contributed by atoms with Crippen LogP contribution in [0, 0.1) is 5.82 Å². The Morgan fingerprint density at radius 2 is 1.72 bits per heavy atom. The van der Waals surface area contributed by atoms with Crippen LogP contribution in [0.25, 0.3) is 0 Å². The Kier molecular flexibility index (Phi) is 5.15. The average Bonchev–Trinajstić information content (AvgIpc) is 3.39. The van der Waals surface area contributed by atoms with Gasteiger partial charge in [-0.1, -0.05) is 30.3 Å². The number of benzene rings is 2. The number of carbonyl (C=O) groups is 1. The first kappa shape index (κ1) is 17.6. The summed E-state index contributed by atoms with van der Waals surface area (Å²) in [7, 11) is -3.93. The predicted molar refractivity (Wildman–Crippen MR) is 91.8 cm³/mol. The summed E-state index contributed by atoms with van der Waals surface area (Å²) in [6.07, 6.45) is 2.06. The second-order valence-electron chi connectivity index (χ2n) is 6.10. The standard InChI is InChI=1S/C18H19FN2O3S/c19-14-6-10-16(11-7-14)25(23,24)21-17(18(22)20-15-8-9-15)12-13-4-2-1-3-5-13/h1-7,10-11,15,17,21H,8-9,12H2,(H,20,22)/t17-/m1/s1. The van der Waals surface area contributed by atoms with Crippen LogP contribution in [0.5, 0.6) is 0 Å². The molecule has 1 fully saturated rings. The fourth-order valence-electron chi connectivity index (χ4n) is 2.44. The largest absolute Gasteiger partial charge is 0.352 e. The molecule has 0 saturated heterocycles. The molecule has 1 amide bonds. The summed E-state index contributed by atoms with van der Waals surface area (Å²) >= 11 is 0. The number of rotatable bonds is 7. The monoisotopic (exact) mass is 362 g/mol. The molecule has 0 spiro atoms. The van der Waals surface area contributed by atoms with Gasteiger partial charge >= 0.3 is 0 Å². The van der Waals surface area contributed by atoms with Gasteiger partial charge in [0.15, 0.2) is 0 Å². The molecule has 3 rings (SSSR count). The zero-order chi connectivity index (χ0) is 17.9. The molecule has 2 N–H and O–H groups in total. The molecule has 0 aliphatic heterocycles. The van der Waals surface area contributed by atoms with Crippen LogP contribution < -0.4 is 10.0 Å². The lowest BCUT2D eigenvalue weighted by atomic mass is 10.1. The van der Waals surface area contributed by atoms with Gasteiger partial charge in [-0.3, -0.25) is 4.79 Å². The van der Waals surface area contributed by atoms with E-state index in [1.165, 1.54) is 12.1 Å². The molecule has 132 valence electrons. The van der Waals surface area contributed by atoms with Crippen molar-refractivity contribution in [2.75, 3.05) is 0 Å². The van der Waals surface area contributed by atoms with Crippen molar-refractivity contribution in [1.29, 1.82) is 0 Å². The molecule has 1 atom stereocenters. The third-order valence-corrected chi connectivity index (χ3v) is 5.43. The van der Waals surface area contributed by atoms with Gasteiger partial charge in [0.25, 0.3) is 0 Å². The molecule has 0 heterocycles. The fraction of sp³-hybridized carbons (Fsp3) is 0.278. The van der Waals surface area contributed by atoms with Crippen molar-refractivity contribution < 1.29 is 17.6 Å². The molecule has 5 nitrogen and oxygen atoms in total. The Morgan fingerprint density at radius 1 is 1.08 bits per heavy atom. The average molecular weight is 362 g/mol. The molecule has 7 heteroatoms. The summed E-state index contributed by atoms with van der Waals surface area (Å²) < 4.78 is 40.5. The van der Waals surface area contributed by atoms with E-state index in [2.05, 4.69) is 10.0 Å². The maximum atomic E-state index is 13.0. The third kappa shape index (κ3) is 4.87. The molecule has 0 bridgehead atoms. The van der Waals surface area contributed by atoms with E-state index in [1.807, 2.05) is 30.3 Å².